The predicted octanol–water partition coefficient (Wildman–Crippen LogP) is 4.32. The summed E-state index contributed by atoms with van der Waals surface area (Å²) in [7, 11) is 0. The van der Waals surface area contributed by atoms with E-state index in [1.807, 2.05) is 12.1 Å². The van der Waals surface area contributed by atoms with Gasteiger partial charge in [-0.2, -0.15) is 4.98 Å². The molecule has 0 aliphatic rings. The first kappa shape index (κ1) is 15.3. The van der Waals surface area contributed by atoms with Crippen LogP contribution >= 0.6 is 0 Å². The third kappa shape index (κ3) is 4.18. The van der Waals surface area contributed by atoms with Gasteiger partial charge < -0.3 is 10.5 Å². The van der Waals surface area contributed by atoms with Crippen LogP contribution in [0.4, 0.5) is 5.82 Å². The Hall–Kier alpha value is -2.10. The molecule has 1 aromatic carbocycles. The number of nitrogens with two attached hydrogens (primary N) is 1. The average Bonchev–Trinajstić information content (AvgIpc) is 2.47. The van der Waals surface area contributed by atoms with Crippen LogP contribution in [0.25, 0.3) is 0 Å². The number of hydrogen-bond acceptors (Lipinski definition) is 4. The second-order valence-electron chi connectivity index (χ2n) is 5.28. The van der Waals surface area contributed by atoms with Crippen LogP contribution in [0.1, 0.15) is 50.9 Å². The van der Waals surface area contributed by atoms with Crippen LogP contribution in [0, 0.1) is 0 Å². The van der Waals surface area contributed by atoms with Gasteiger partial charge in [0.2, 0.25) is 5.88 Å². The molecule has 0 spiro atoms. The van der Waals surface area contributed by atoms with Crippen LogP contribution in [0.2, 0.25) is 0 Å². The van der Waals surface area contributed by atoms with Crippen molar-refractivity contribution in [2.75, 3.05) is 5.73 Å². The second-order valence-corrected chi connectivity index (χ2v) is 5.28. The van der Waals surface area contributed by atoms with Gasteiger partial charge in [0.25, 0.3) is 0 Å². The molecule has 0 bridgehead atoms. The van der Waals surface area contributed by atoms with Gasteiger partial charge in [-0.3, -0.25) is 0 Å². The first-order valence-electron chi connectivity index (χ1n) is 7.53. The fraction of sp³-hybridized carbons (Fsp3) is 0.412. The Balaban J connectivity index is 2.14. The number of rotatable bonds is 6. The summed E-state index contributed by atoms with van der Waals surface area (Å²) in [5.74, 6) is 3.00. The first-order valence-corrected chi connectivity index (χ1v) is 7.53. The molecule has 0 radical (unpaired) electrons. The normalized spacial score (nSPS) is 12.1. The predicted molar refractivity (Wildman–Crippen MR) is 85.7 cm³/mol. The Morgan fingerprint density at radius 1 is 1.14 bits per heavy atom. The molecular weight excluding hydrogens is 262 g/mol. The third-order valence-electron chi connectivity index (χ3n) is 3.53. The highest BCUT2D eigenvalue weighted by Crippen LogP contribution is 2.25. The summed E-state index contributed by atoms with van der Waals surface area (Å²) < 4.78 is 5.78. The topological polar surface area (TPSA) is 61.0 Å². The summed E-state index contributed by atoms with van der Waals surface area (Å²) >= 11 is 0. The number of nitrogens with zero attached hydrogens (tertiary/aromatic N) is 2. The number of aromatic nitrogens is 2. The molecular formula is C17H23N3O. The van der Waals surface area contributed by atoms with Crippen molar-refractivity contribution >= 4 is 5.82 Å². The van der Waals surface area contributed by atoms with E-state index in [0.717, 1.165) is 30.8 Å². The number of aryl methyl sites for hydroxylation is 1. The largest absolute Gasteiger partial charge is 0.439 e. The maximum atomic E-state index is 5.79. The summed E-state index contributed by atoms with van der Waals surface area (Å²) in [6.07, 6.45) is 2.91. The molecule has 2 N–H and O–H groups in total. The van der Waals surface area contributed by atoms with Crippen LogP contribution in [-0.4, -0.2) is 9.97 Å². The van der Waals surface area contributed by atoms with E-state index in [9.17, 15) is 0 Å². The van der Waals surface area contributed by atoms with Crippen LogP contribution in [0.5, 0.6) is 11.6 Å². The zero-order chi connectivity index (χ0) is 15.2. The molecule has 1 unspecified atom stereocenters. The lowest BCUT2D eigenvalue weighted by atomic mass is 9.99. The molecule has 0 saturated carbocycles. The van der Waals surface area contributed by atoms with E-state index in [2.05, 4.69) is 42.9 Å². The zero-order valence-electron chi connectivity index (χ0n) is 13.0. The van der Waals surface area contributed by atoms with E-state index in [1.165, 1.54) is 5.56 Å². The average molecular weight is 285 g/mol. The number of anilines is 1. The van der Waals surface area contributed by atoms with Gasteiger partial charge in [-0.05, 0) is 36.5 Å². The molecule has 4 heteroatoms. The molecule has 0 aliphatic carbocycles. The summed E-state index contributed by atoms with van der Waals surface area (Å²) in [6, 6.07) is 9.79. The lowest BCUT2D eigenvalue weighted by Gasteiger charge is -2.11. The van der Waals surface area contributed by atoms with Gasteiger partial charge in [-0.25, -0.2) is 4.98 Å². The smallest absolute Gasteiger partial charge is 0.224 e. The van der Waals surface area contributed by atoms with Crippen molar-refractivity contribution in [2.45, 2.75) is 46.0 Å². The van der Waals surface area contributed by atoms with Gasteiger partial charge in [0, 0.05) is 12.5 Å². The van der Waals surface area contributed by atoms with E-state index < -0.39 is 0 Å². The van der Waals surface area contributed by atoms with Gasteiger partial charge in [-0.1, -0.05) is 32.9 Å². The van der Waals surface area contributed by atoms with Gasteiger partial charge in [0.05, 0.1) is 0 Å². The SMILES string of the molecule is CCCc1nc(N)cc(Oc2ccc(C(C)CC)cc2)n1. The molecule has 112 valence electrons. The van der Waals surface area contributed by atoms with Crippen molar-refractivity contribution in [1.29, 1.82) is 0 Å². The van der Waals surface area contributed by atoms with Gasteiger partial charge in [0.15, 0.2) is 0 Å². The minimum absolute atomic E-state index is 0.444. The van der Waals surface area contributed by atoms with Crippen LogP contribution in [0.3, 0.4) is 0 Å². The Kier molecular flexibility index (Phi) is 5.14. The molecule has 0 aliphatic heterocycles. The highest BCUT2D eigenvalue weighted by Gasteiger charge is 2.06. The first-order chi connectivity index (χ1) is 10.1. The minimum atomic E-state index is 0.444. The van der Waals surface area contributed by atoms with Gasteiger partial charge in [-0.15, -0.1) is 0 Å². The van der Waals surface area contributed by atoms with Crippen LogP contribution in [-0.2, 0) is 6.42 Å². The quantitative estimate of drug-likeness (QED) is 0.858. The Morgan fingerprint density at radius 3 is 2.48 bits per heavy atom. The Labute approximate surface area is 126 Å². The van der Waals surface area contributed by atoms with Crippen molar-refractivity contribution in [1.82, 2.24) is 9.97 Å². The highest BCUT2D eigenvalue weighted by atomic mass is 16.5. The van der Waals surface area contributed by atoms with Crippen molar-refractivity contribution in [3.05, 3.63) is 41.7 Å². The van der Waals surface area contributed by atoms with E-state index >= 15 is 0 Å². The Morgan fingerprint density at radius 2 is 1.86 bits per heavy atom. The van der Waals surface area contributed by atoms with Crippen LogP contribution in [0.15, 0.2) is 30.3 Å². The van der Waals surface area contributed by atoms with Gasteiger partial charge >= 0.3 is 0 Å². The fourth-order valence-corrected chi connectivity index (χ4v) is 2.10. The number of nitrogen functional groups attached to an aromatic ring is 1. The van der Waals surface area contributed by atoms with Crippen molar-refractivity contribution in [3.8, 4) is 11.6 Å². The monoisotopic (exact) mass is 285 g/mol. The fourth-order valence-electron chi connectivity index (χ4n) is 2.10. The van der Waals surface area contributed by atoms with Crippen molar-refractivity contribution in [3.63, 3.8) is 0 Å². The minimum Gasteiger partial charge on any atom is -0.439 e. The summed E-state index contributed by atoms with van der Waals surface area (Å²) in [5.41, 5.74) is 7.11. The van der Waals surface area contributed by atoms with Crippen LogP contribution < -0.4 is 10.5 Å². The molecule has 0 fully saturated rings. The maximum absolute atomic E-state index is 5.79. The van der Waals surface area contributed by atoms with Crippen molar-refractivity contribution in [2.24, 2.45) is 0 Å². The number of ether oxygens (including phenoxy) is 1. The standard InChI is InChI=1S/C17H23N3O/c1-4-6-16-19-15(18)11-17(20-16)21-14-9-7-13(8-10-14)12(3)5-2/h7-12H,4-6H2,1-3H3,(H2,18,19,20). The molecule has 2 aromatic rings. The zero-order valence-corrected chi connectivity index (χ0v) is 13.0. The molecule has 21 heavy (non-hydrogen) atoms. The molecule has 2 rings (SSSR count). The second kappa shape index (κ2) is 7.07. The molecule has 1 heterocycles. The molecule has 0 saturated heterocycles. The summed E-state index contributed by atoms with van der Waals surface area (Å²) in [6.45, 7) is 6.49. The number of benzene rings is 1. The lowest BCUT2D eigenvalue weighted by molar-refractivity contribution is 0.458. The molecule has 1 aromatic heterocycles. The molecule has 4 nitrogen and oxygen atoms in total. The number of hydrogen-bond donors (Lipinski definition) is 1. The van der Waals surface area contributed by atoms with Crippen molar-refractivity contribution < 1.29 is 4.74 Å². The highest BCUT2D eigenvalue weighted by molar-refractivity contribution is 5.37. The van der Waals surface area contributed by atoms with E-state index in [4.69, 9.17) is 10.5 Å². The molecule has 1 atom stereocenters. The lowest BCUT2D eigenvalue weighted by Crippen LogP contribution is -2.01. The third-order valence-corrected chi connectivity index (χ3v) is 3.53. The Bertz CT molecular complexity index is 581. The van der Waals surface area contributed by atoms with Gasteiger partial charge in [0.1, 0.15) is 17.4 Å². The molecule has 0 amide bonds. The van der Waals surface area contributed by atoms with E-state index in [-0.39, 0.29) is 0 Å². The maximum Gasteiger partial charge on any atom is 0.224 e. The van der Waals surface area contributed by atoms with E-state index in [1.54, 1.807) is 6.07 Å². The summed E-state index contributed by atoms with van der Waals surface area (Å²) in [4.78, 5) is 8.58. The van der Waals surface area contributed by atoms with E-state index in [0.29, 0.717) is 17.6 Å². The summed E-state index contributed by atoms with van der Waals surface area (Å²) in [5, 5.41) is 0.